The summed E-state index contributed by atoms with van der Waals surface area (Å²) in [4.78, 5) is 2.70. The molecule has 3 heteroatoms. The molecule has 106 valence electrons. The van der Waals surface area contributed by atoms with Gasteiger partial charge in [-0.05, 0) is 51.1 Å². The van der Waals surface area contributed by atoms with Crippen molar-refractivity contribution < 1.29 is 0 Å². The van der Waals surface area contributed by atoms with E-state index in [4.69, 9.17) is 0 Å². The molecule has 2 rings (SSSR count). The van der Waals surface area contributed by atoms with Crippen LogP contribution in [0.5, 0.6) is 0 Å². The van der Waals surface area contributed by atoms with E-state index in [0.29, 0.717) is 10.2 Å². The van der Waals surface area contributed by atoms with E-state index < -0.39 is 0 Å². The normalized spacial score (nSPS) is 30.3. The summed E-state index contributed by atoms with van der Waals surface area (Å²) in [6.07, 6.45) is 2.77. The lowest BCUT2D eigenvalue weighted by Gasteiger charge is -2.44. The number of thioether (sulfide) groups is 1. The zero-order chi connectivity index (χ0) is 13.2. The second kappa shape index (κ2) is 5.72. The Kier molecular flexibility index (Phi) is 4.66. The van der Waals surface area contributed by atoms with Crippen molar-refractivity contribution in [1.82, 2.24) is 10.2 Å². The summed E-state index contributed by atoms with van der Waals surface area (Å²) in [6.45, 7) is 16.0. The highest BCUT2D eigenvalue weighted by molar-refractivity contribution is 8.00. The third kappa shape index (κ3) is 3.88. The fourth-order valence-electron chi connectivity index (χ4n) is 3.47. The first-order valence-corrected chi connectivity index (χ1v) is 8.45. The van der Waals surface area contributed by atoms with Crippen molar-refractivity contribution in [2.24, 2.45) is 11.3 Å². The van der Waals surface area contributed by atoms with E-state index in [1.807, 2.05) is 0 Å². The highest BCUT2D eigenvalue weighted by Gasteiger charge is 2.35. The zero-order valence-electron chi connectivity index (χ0n) is 12.6. The van der Waals surface area contributed by atoms with Gasteiger partial charge >= 0.3 is 0 Å². The lowest BCUT2D eigenvalue weighted by Crippen LogP contribution is -2.50. The van der Waals surface area contributed by atoms with E-state index in [-0.39, 0.29) is 0 Å². The topological polar surface area (TPSA) is 15.3 Å². The summed E-state index contributed by atoms with van der Waals surface area (Å²) < 4.78 is 0.444. The molecule has 0 aliphatic carbocycles. The number of nitrogens with zero attached hydrogens (tertiary/aromatic N) is 1. The highest BCUT2D eigenvalue weighted by Crippen LogP contribution is 2.36. The third-order valence-corrected chi connectivity index (χ3v) is 5.84. The minimum atomic E-state index is 0.444. The summed E-state index contributed by atoms with van der Waals surface area (Å²) in [7, 11) is 0. The van der Waals surface area contributed by atoms with Gasteiger partial charge < -0.3 is 10.2 Å². The monoisotopic (exact) mass is 270 g/mol. The van der Waals surface area contributed by atoms with E-state index in [0.717, 1.165) is 5.92 Å². The number of hydrogen-bond donors (Lipinski definition) is 1. The van der Waals surface area contributed by atoms with E-state index >= 15 is 0 Å². The van der Waals surface area contributed by atoms with Crippen molar-refractivity contribution in [2.45, 2.75) is 45.3 Å². The Morgan fingerprint density at radius 1 is 1.39 bits per heavy atom. The maximum atomic E-state index is 3.57. The molecule has 0 aromatic heterocycles. The van der Waals surface area contributed by atoms with Crippen LogP contribution in [0.15, 0.2) is 0 Å². The standard InChI is InChI=1S/C15H30N2S/c1-14(2,13-6-5-7-16-10-13)11-17-8-9-18-15(3,4)12-17/h13,16H,5-12H2,1-4H3. The van der Waals surface area contributed by atoms with Crippen molar-refractivity contribution in [3.63, 3.8) is 0 Å². The van der Waals surface area contributed by atoms with Gasteiger partial charge in [-0.2, -0.15) is 11.8 Å². The van der Waals surface area contributed by atoms with Gasteiger partial charge in [0.25, 0.3) is 0 Å². The molecule has 0 aromatic rings. The van der Waals surface area contributed by atoms with Crippen molar-refractivity contribution in [2.75, 3.05) is 38.5 Å². The highest BCUT2D eigenvalue weighted by atomic mass is 32.2. The van der Waals surface area contributed by atoms with Gasteiger partial charge in [-0.15, -0.1) is 0 Å². The molecule has 0 saturated carbocycles. The first-order valence-electron chi connectivity index (χ1n) is 7.46. The minimum Gasteiger partial charge on any atom is -0.316 e. The van der Waals surface area contributed by atoms with Crippen molar-refractivity contribution in [1.29, 1.82) is 0 Å². The molecule has 0 amide bonds. The van der Waals surface area contributed by atoms with E-state index in [9.17, 15) is 0 Å². The van der Waals surface area contributed by atoms with E-state index in [1.165, 1.54) is 51.3 Å². The summed E-state index contributed by atoms with van der Waals surface area (Å²) in [5, 5.41) is 3.57. The van der Waals surface area contributed by atoms with Crippen LogP contribution in [0, 0.1) is 11.3 Å². The number of piperidine rings is 1. The van der Waals surface area contributed by atoms with Crippen molar-refractivity contribution >= 4 is 11.8 Å². The molecule has 0 aromatic carbocycles. The van der Waals surface area contributed by atoms with Crippen LogP contribution >= 0.6 is 11.8 Å². The van der Waals surface area contributed by atoms with Crippen LogP contribution < -0.4 is 5.32 Å². The molecule has 2 aliphatic rings. The Morgan fingerprint density at radius 3 is 2.78 bits per heavy atom. The Balaban J connectivity index is 1.90. The Labute approximate surface area is 117 Å². The molecule has 0 spiro atoms. The molecule has 0 bridgehead atoms. The van der Waals surface area contributed by atoms with Crippen LogP contribution in [-0.4, -0.2) is 48.1 Å². The van der Waals surface area contributed by atoms with Gasteiger partial charge in [0.15, 0.2) is 0 Å². The average molecular weight is 270 g/mol. The fourth-order valence-corrected chi connectivity index (χ4v) is 4.65. The van der Waals surface area contributed by atoms with Crippen LogP contribution in [0.4, 0.5) is 0 Å². The number of nitrogens with one attached hydrogen (secondary N) is 1. The second-order valence-electron chi connectivity index (χ2n) is 7.35. The number of rotatable bonds is 3. The zero-order valence-corrected chi connectivity index (χ0v) is 13.4. The average Bonchev–Trinajstić information content (AvgIpc) is 2.28. The number of hydrogen-bond acceptors (Lipinski definition) is 3. The quantitative estimate of drug-likeness (QED) is 0.849. The van der Waals surface area contributed by atoms with E-state index in [2.05, 4.69) is 49.7 Å². The second-order valence-corrected chi connectivity index (χ2v) is 9.15. The van der Waals surface area contributed by atoms with Crippen LogP contribution in [-0.2, 0) is 0 Å². The van der Waals surface area contributed by atoms with Gasteiger partial charge in [0.05, 0.1) is 0 Å². The first kappa shape index (κ1) is 14.7. The van der Waals surface area contributed by atoms with Crippen LogP contribution in [0.25, 0.3) is 0 Å². The summed E-state index contributed by atoms with van der Waals surface area (Å²) in [5.74, 6) is 2.15. The van der Waals surface area contributed by atoms with Crippen LogP contribution in [0.1, 0.15) is 40.5 Å². The maximum absolute atomic E-state index is 3.57. The third-order valence-electron chi connectivity index (χ3n) is 4.54. The predicted octanol–water partition coefficient (Wildman–Crippen LogP) is 2.84. The summed E-state index contributed by atoms with van der Waals surface area (Å²) in [5.41, 5.74) is 0.450. The molecular formula is C15H30N2S. The fraction of sp³-hybridized carbons (Fsp3) is 1.00. The van der Waals surface area contributed by atoms with Gasteiger partial charge in [-0.1, -0.05) is 13.8 Å². The molecule has 2 fully saturated rings. The Hall–Kier alpha value is 0.270. The molecule has 1 atom stereocenters. The predicted molar refractivity (Wildman–Crippen MR) is 82.4 cm³/mol. The van der Waals surface area contributed by atoms with Crippen molar-refractivity contribution in [3.05, 3.63) is 0 Å². The first-order chi connectivity index (χ1) is 8.39. The van der Waals surface area contributed by atoms with Gasteiger partial charge in [-0.3, -0.25) is 0 Å². The van der Waals surface area contributed by atoms with Gasteiger partial charge in [0, 0.05) is 30.1 Å². The molecule has 1 unspecified atom stereocenters. The lowest BCUT2D eigenvalue weighted by molar-refractivity contribution is 0.0974. The van der Waals surface area contributed by atoms with Crippen LogP contribution in [0.3, 0.4) is 0 Å². The minimum absolute atomic E-state index is 0.444. The molecule has 2 heterocycles. The SMILES string of the molecule is CC1(C)CN(CC(C)(C)C2CCCNC2)CCS1. The van der Waals surface area contributed by atoms with Gasteiger partial charge in [-0.25, -0.2) is 0 Å². The lowest BCUT2D eigenvalue weighted by atomic mass is 9.74. The molecular weight excluding hydrogens is 240 g/mol. The largest absolute Gasteiger partial charge is 0.316 e. The van der Waals surface area contributed by atoms with E-state index in [1.54, 1.807) is 0 Å². The molecule has 2 saturated heterocycles. The van der Waals surface area contributed by atoms with Crippen LogP contribution in [0.2, 0.25) is 0 Å². The Morgan fingerprint density at radius 2 is 2.17 bits per heavy atom. The molecule has 2 aliphatic heterocycles. The maximum Gasteiger partial charge on any atom is 0.0231 e. The molecule has 1 N–H and O–H groups in total. The van der Waals surface area contributed by atoms with Crippen molar-refractivity contribution in [3.8, 4) is 0 Å². The summed E-state index contributed by atoms with van der Waals surface area (Å²) >= 11 is 2.13. The van der Waals surface area contributed by atoms with Gasteiger partial charge in [0.1, 0.15) is 0 Å². The molecule has 18 heavy (non-hydrogen) atoms. The summed E-state index contributed by atoms with van der Waals surface area (Å²) in [6, 6.07) is 0. The van der Waals surface area contributed by atoms with Gasteiger partial charge in [0.2, 0.25) is 0 Å². The Bertz CT molecular complexity index is 270. The molecule has 2 nitrogen and oxygen atoms in total. The smallest absolute Gasteiger partial charge is 0.0231 e. The molecule has 0 radical (unpaired) electrons.